The Balaban J connectivity index is 2.96. The van der Waals surface area contributed by atoms with E-state index in [0.717, 1.165) is 11.3 Å². The standard InChI is InChI=1S/C11H17NO5S2/c1-7-4-8(18-9(7)10(14)15)19(16,17)12-5-11(2,3)6-13/h4,12-13H,5-6H2,1-3H3,(H,14,15). The van der Waals surface area contributed by atoms with E-state index in [2.05, 4.69) is 4.72 Å². The molecule has 19 heavy (non-hydrogen) atoms. The number of sulfonamides is 1. The second-order valence-electron chi connectivity index (χ2n) is 5.03. The van der Waals surface area contributed by atoms with Crippen molar-refractivity contribution >= 4 is 27.3 Å². The molecule has 3 N–H and O–H groups in total. The summed E-state index contributed by atoms with van der Waals surface area (Å²) in [6, 6.07) is 1.34. The lowest BCUT2D eigenvalue weighted by atomic mass is 9.96. The number of nitrogens with one attached hydrogen (secondary N) is 1. The maximum Gasteiger partial charge on any atom is 0.346 e. The van der Waals surface area contributed by atoms with Gasteiger partial charge in [-0.2, -0.15) is 0 Å². The summed E-state index contributed by atoms with van der Waals surface area (Å²) < 4.78 is 26.4. The molecule has 0 aliphatic carbocycles. The van der Waals surface area contributed by atoms with E-state index in [-0.39, 0.29) is 22.2 Å². The summed E-state index contributed by atoms with van der Waals surface area (Å²) in [6.45, 7) is 4.91. The summed E-state index contributed by atoms with van der Waals surface area (Å²) in [5.74, 6) is -1.14. The third-order valence-corrected chi connectivity index (χ3v) is 5.62. The van der Waals surface area contributed by atoms with E-state index in [1.807, 2.05) is 0 Å². The van der Waals surface area contributed by atoms with Gasteiger partial charge >= 0.3 is 5.97 Å². The number of aryl methyl sites for hydroxylation is 1. The lowest BCUT2D eigenvalue weighted by Crippen LogP contribution is -2.35. The van der Waals surface area contributed by atoms with Gasteiger partial charge in [-0.1, -0.05) is 13.8 Å². The molecule has 0 aliphatic heterocycles. The maximum absolute atomic E-state index is 12.0. The van der Waals surface area contributed by atoms with Crippen molar-refractivity contribution in [1.29, 1.82) is 0 Å². The highest BCUT2D eigenvalue weighted by Crippen LogP contribution is 2.26. The zero-order valence-corrected chi connectivity index (χ0v) is 12.6. The van der Waals surface area contributed by atoms with Crippen LogP contribution in [0.25, 0.3) is 0 Å². The summed E-state index contributed by atoms with van der Waals surface area (Å²) in [7, 11) is -3.74. The van der Waals surface area contributed by atoms with Crippen LogP contribution in [-0.4, -0.2) is 37.8 Å². The van der Waals surface area contributed by atoms with Crippen molar-refractivity contribution in [3.05, 3.63) is 16.5 Å². The van der Waals surface area contributed by atoms with Crippen molar-refractivity contribution in [3.8, 4) is 0 Å². The predicted molar refractivity (Wildman–Crippen MR) is 72.1 cm³/mol. The molecule has 0 amide bonds. The van der Waals surface area contributed by atoms with Crippen LogP contribution in [0, 0.1) is 12.3 Å². The molecular formula is C11H17NO5S2. The number of carboxylic acids is 1. The first-order valence-corrected chi connectivity index (χ1v) is 7.83. The monoisotopic (exact) mass is 307 g/mol. The zero-order valence-electron chi connectivity index (χ0n) is 10.9. The van der Waals surface area contributed by atoms with Crippen molar-refractivity contribution in [1.82, 2.24) is 4.72 Å². The highest BCUT2D eigenvalue weighted by molar-refractivity contribution is 7.91. The van der Waals surface area contributed by atoms with Crippen molar-refractivity contribution in [2.45, 2.75) is 25.0 Å². The number of hydrogen-bond donors (Lipinski definition) is 3. The van der Waals surface area contributed by atoms with E-state index in [0.29, 0.717) is 5.56 Å². The smallest absolute Gasteiger partial charge is 0.346 e. The Kier molecular flexibility index (Phi) is 4.72. The Morgan fingerprint density at radius 1 is 1.47 bits per heavy atom. The third-order valence-electron chi connectivity index (χ3n) is 2.52. The van der Waals surface area contributed by atoms with Crippen LogP contribution in [0.5, 0.6) is 0 Å². The highest BCUT2D eigenvalue weighted by atomic mass is 32.2. The Morgan fingerprint density at radius 3 is 2.47 bits per heavy atom. The van der Waals surface area contributed by atoms with Gasteiger partial charge in [0, 0.05) is 18.6 Å². The van der Waals surface area contributed by atoms with Crippen molar-refractivity contribution in [3.63, 3.8) is 0 Å². The number of thiophene rings is 1. The SMILES string of the molecule is Cc1cc(S(=O)(=O)NCC(C)(C)CO)sc1C(=O)O. The third kappa shape index (κ3) is 4.00. The molecule has 0 saturated carbocycles. The Bertz CT molecular complexity index is 574. The van der Waals surface area contributed by atoms with Gasteiger partial charge in [0.05, 0.1) is 0 Å². The van der Waals surface area contributed by atoms with E-state index in [4.69, 9.17) is 10.2 Å². The molecule has 0 spiro atoms. The van der Waals surface area contributed by atoms with Gasteiger partial charge in [0.2, 0.25) is 10.0 Å². The molecule has 1 rings (SSSR count). The molecular weight excluding hydrogens is 290 g/mol. The van der Waals surface area contributed by atoms with Gasteiger partial charge in [-0.3, -0.25) is 0 Å². The number of carbonyl (C=O) groups is 1. The largest absolute Gasteiger partial charge is 0.477 e. The van der Waals surface area contributed by atoms with Crippen LogP contribution in [-0.2, 0) is 10.0 Å². The number of aromatic carboxylic acids is 1. The van der Waals surface area contributed by atoms with Crippen LogP contribution in [0.15, 0.2) is 10.3 Å². The molecule has 0 aromatic carbocycles. The number of carboxylic acid groups (broad SMARTS) is 1. The summed E-state index contributed by atoms with van der Waals surface area (Å²) in [5.41, 5.74) is -0.158. The van der Waals surface area contributed by atoms with Crippen LogP contribution < -0.4 is 4.72 Å². The second kappa shape index (κ2) is 5.58. The molecule has 0 unspecified atom stereocenters. The molecule has 0 aliphatic rings. The van der Waals surface area contributed by atoms with E-state index in [1.54, 1.807) is 20.8 Å². The minimum atomic E-state index is -3.74. The van der Waals surface area contributed by atoms with E-state index in [1.165, 1.54) is 6.07 Å². The highest BCUT2D eigenvalue weighted by Gasteiger charge is 2.25. The minimum Gasteiger partial charge on any atom is -0.477 e. The number of aliphatic hydroxyl groups is 1. The average Bonchev–Trinajstić information content (AvgIpc) is 2.70. The van der Waals surface area contributed by atoms with Gasteiger partial charge in [-0.05, 0) is 18.6 Å². The Morgan fingerprint density at radius 2 is 2.05 bits per heavy atom. The first-order chi connectivity index (χ1) is 8.59. The van der Waals surface area contributed by atoms with E-state index >= 15 is 0 Å². The number of aliphatic hydroxyl groups excluding tert-OH is 1. The predicted octanol–water partition coefficient (Wildman–Crippen LogP) is 1.05. The van der Waals surface area contributed by atoms with Crippen LogP contribution in [0.4, 0.5) is 0 Å². The molecule has 0 atom stereocenters. The molecule has 6 nitrogen and oxygen atoms in total. The second-order valence-corrected chi connectivity index (χ2v) is 8.08. The maximum atomic E-state index is 12.0. The molecule has 108 valence electrons. The van der Waals surface area contributed by atoms with Crippen molar-refractivity contribution in [2.75, 3.05) is 13.2 Å². The fraction of sp³-hybridized carbons (Fsp3) is 0.545. The Hall–Kier alpha value is -0.960. The molecule has 1 aromatic rings. The van der Waals surface area contributed by atoms with Crippen LogP contribution in [0.2, 0.25) is 0 Å². The summed E-state index contributed by atoms with van der Waals surface area (Å²) in [5, 5.41) is 18.0. The molecule has 1 heterocycles. The fourth-order valence-electron chi connectivity index (χ4n) is 1.22. The van der Waals surface area contributed by atoms with E-state index in [9.17, 15) is 13.2 Å². The fourth-order valence-corrected chi connectivity index (χ4v) is 3.88. The lowest BCUT2D eigenvalue weighted by Gasteiger charge is -2.21. The molecule has 0 saturated heterocycles. The van der Waals surface area contributed by atoms with Crippen LogP contribution >= 0.6 is 11.3 Å². The van der Waals surface area contributed by atoms with Gasteiger partial charge in [-0.15, -0.1) is 11.3 Å². The summed E-state index contributed by atoms with van der Waals surface area (Å²) >= 11 is 0.720. The molecule has 0 bridgehead atoms. The van der Waals surface area contributed by atoms with Crippen molar-refractivity contribution < 1.29 is 23.4 Å². The van der Waals surface area contributed by atoms with Gasteiger partial charge in [-0.25, -0.2) is 17.9 Å². The summed E-state index contributed by atoms with van der Waals surface area (Å²) in [4.78, 5) is 10.9. The van der Waals surface area contributed by atoms with Crippen molar-refractivity contribution in [2.24, 2.45) is 5.41 Å². The number of rotatable bonds is 6. The van der Waals surface area contributed by atoms with Gasteiger partial charge in [0.15, 0.2) is 0 Å². The van der Waals surface area contributed by atoms with Gasteiger partial charge in [0.25, 0.3) is 0 Å². The Labute approximate surface area is 116 Å². The van der Waals surface area contributed by atoms with Crippen LogP contribution in [0.3, 0.4) is 0 Å². The quantitative estimate of drug-likeness (QED) is 0.729. The van der Waals surface area contributed by atoms with Crippen LogP contribution in [0.1, 0.15) is 29.1 Å². The number of hydrogen-bond acceptors (Lipinski definition) is 5. The summed E-state index contributed by atoms with van der Waals surface area (Å²) in [6.07, 6.45) is 0. The molecule has 0 fully saturated rings. The first-order valence-electron chi connectivity index (χ1n) is 5.53. The first kappa shape index (κ1) is 16.1. The van der Waals surface area contributed by atoms with Gasteiger partial charge < -0.3 is 10.2 Å². The zero-order chi connectivity index (χ0) is 14.8. The molecule has 1 aromatic heterocycles. The normalized spacial score (nSPS) is 12.6. The average molecular weight is 307 g/mol. The van der Waals surface area contributed by atoms with Gasteiger partial charge in [0.1, 0.15) is 9.09 Å². The molecule has 0 radical (unpaired) electrons. The van der Waals surface area contributed by atoms with E-state index < -0.39 is 21.4 Å². The minimum absolute atomic E-state index is 0.0155. The lowest BCUT2D eigenvalue weighted by molar-refractivity contribution is 0.0701. The topological polar surface area (TPSA) is 104 Å². The molecule has 8 heteroatoms.